The standard InChI is InChI=1S/C35H64N16O13/c1-4-16(2)26(32(62)48-20(33(63)64)8-6-10-43-35(40)41)51-31(61)22(15-53)50-27(57)17(3)46-25(56)13-44-24(55)12-45-29(59)21(11-23(37)54)49-30(60)19(7-5-9-42-34(38)39)47-28(58)18(36)14-52/h16-22,26,52-53H,4-15,36H2,1-3H3,(H2,37,54)(H,44,55)(H,45,59)(H,46,56)(H,47,58)(H,48,62)(H,49,60)(H,50,57)(H,51,61)(H,63,64)(H4,38,39,42)(H4,40,41,43)/t16-,17-,18-,19-,20-,21-,22-,26-/m0/s1. The highest BCUT2D eigenvalue weighted by atomic mass is 16.4. The van der Waals surface area contributed by atoms with Crippen molar-refractivity contribution in [3.05, 3.63) is 0 Å². The molecule has 0 aliphatic carbocycles. The number of hydrogen-bond donors (Lipinski definition) is 17. The molecule has 0 saturated carbocycles. The number of primary amides is 1. The molecule has 8 atom stereocenters. The second kappa shape index (κ2) is 30.2. The molecule has 0 aliphatic heterocycles. The zero-order valence-corrected chi connectivity index (χ0v) is 35.9. The highest BCUT2D eigenvalue weighted by molar-refractivity contribution is 5.97. The molecule has 0 aliphatic rings. The Balaban J connectivity index is 5.39. The number of carbonyl (C=O) groups is 10. The molecule has 0 fully saturated rings. The van der Waals surface area contributed by atoms with Gasteiger partial charge in [-0.05, 0) is 38.5 Å². The van der Waals surface area contributed by atoms with E-state index in [9.17, 15) is 63.3 Å². The number of nitrogens with two attached hydrogens (primary N) is 6. The quantitative estimate of drug-likeness (QED) is 0.0174. The number of amides is 9. The first-order valence-electron chi connectivity index (χ1n) is 19.9. The number of guanidine groups is 2. The van der Waals surface area contributed by atoms with Crippen molar-refractivity contribution in [2.75, 3.05) is 39.4 Å². The molecule has 362 valence electrons. The van der Waals surface area contributed by atoms with Crippen molar-refractivity contribution in [3.8, 4) is 0 Å². The molecule has 0 aromatic heterocycles. The summed E-state index contributed by atoms with van der Waals surface area (Å²) in [5.74, 6) is -10.9. The van der Waals surface area contributed by atoms with Gasteiger partial charge in [0.25, 0.3) is 0 Å². The summed E-state index contributed by atoms with van der Waals surface area (Å²) in [6.07, 6.45) is -0.151. The second-order valence-electron chi connectivity index (χ2n) is 14.3. The first kappa shape index (κ1) is 57.1. The van der Waals surface area contributed by atoms with Gasteiger partial charge in [0, 0.05) is 13.1 Å². The van der Waals surface area contributed by atoms with Crippen molar-refractivity contribution >= 4 is 71.1 Å². The summed E-state index contributed by atoms with van der Waals surface area (Å²) < 4.78 is 0. The van der Waals surface area contributed by atoms with Gasteiger partial charge in [-0.15, -0.1) is 0 Å². The molecule has 0 bridgehead atoms. The van der Waals surface area contributed by atoms with E-state index in [0.29, 0.717) is 6.42 Å². The van der Waals surface area contributed by atoms with Crippen molar-refractivity contribution in [2.45, 2.75) is 102 Å². The molecule has 9 amide bonds. The smallest absolute Gasteiger partial charge is 0.326 e. The number of nitrogens with zero attached hydrogens (tertiary/aromatic N) is 2. The SMILES string of the molecule is CC[C@H](C)[C@H](NC(=O)[C@H](CO)NC(=O)[C@H](C)NC(=O)CNC(=O)CNC(=O)[C@H](CC(N)=O)NC(=O)[C@H](CCCN=C(N)N)NC(=O)[C@@H](N)CO)C(=O)N[C@@H](CCCN=C(N)N)C(=O)O. The van der Waals surface area contributed by atoms with Gasteiger partial charge in [0.2, 0.25) is 53.2 Å². The molecule has 0 heterocycles. The molecule has 29 nitrogen and oxygen atoms in total. The number of carboxylic acids is 1. The summed E-state index contributed by atoms with van der Waals surface area (Å²) >= 11 is 0. The number of aliphatic hydroxyl groups excluding tert-OH is 2. The maximum absolute atomic E-state index is 13.2. The van der Waals surface area contributed by atoms with Crippen LogP contribution in [0.5, 0.6) is 0 Å². The van der Waals surface area contributed by atoms with Crippen molar-refractivity contribution < 1.29 is 63.3 Å². The predicted octanol–water partition coefficient (Wildman–Crippen LogP) is -9.43. The Morgan fingerprint density at radius 3 is 1.56 bits per heavy atom. The molecule has 0 saturated heterocycles. The summed E-state index contributed by atoms with van der Waals surface area (Å²) in [4.78, 5) is 134. The van der Waals surface area contributed by atoms with Gasteiger partial charge in [-0.25, -0.2) is 4.79 Å². The molecule has 64 heavy (non-hydrogen) atoms. The van der Waals surface area contributed by atoms with E-state index in [2.05, 4.69) is 52.5 Å². The average molecular weight is 917 g/mol. The van der Waals surface area contributed by atoms with Gasteiger partial charge in [0.15, 0.2) is 11.9 Å². The van der Waals surface area contributed by atoms with Crippen LogP contribution in [-0.4, -0.2) is 168 Å². The average Bonchev–Trinajstić information content (AvgIpc) is 3.23. The van der Waals surface area contributed by atoms with Crippen LogP contribution in [0.15, 0.2) is 9.98 Å². The van der Waals surface area contributed by atoms with Crippen LogP contribution in [0.1, 0.15) is 59.3 Å². The first-order chi connectivity index (χ1) is 30.0. The maximum Gasteiger partial charge on any atom is 0.326 e. The fraction of sp³-hybridized carbons (Fsp3) is 0.657. The predicted molar refractivity (Wildman–Crippen MR) is 226 cm³/mol. The number of nitrogens with one attached hydrogen (secondary N) is 8. The Morgan fingerprint density at radius 2 is 1.06 bits per heavy atom. The van der Waals surface area contributed by atoms with E-state index in [1.807, 2.05) is 0 Å². The van der Waals surface area contributed by atoms with E-state index in [4.69, 9.17) is 34.4 Å². The summed E-state index contributed by atoms with van der Waals surface area (Å²) in [7, 11) is 0. The Labute approximate surface area is 367 Å². The number of aliphatic imine (C=N–C) groups is 2. The van der Waals surface area contributed by atoms with Crippen LogP contribution in [-0.2, 0) is 47.9 Å². The number of aliphatic hydroxyl groups is 2. The lowest BCUT2D eigenvalue weighted by Crippen LogP contribution is -2.59. The van der Waals surface area contributed by atoms with E-state index in [1.54, 1.807) is 13.8 Å². The fourth-order valence-corrected chi connectivity index (χ4v) is 5.18. The van der Waals surface area contributed by atoms with Gasteiger partial charge in [0.1, 0.15) is 42.3 Å². The fourth-order valence-electron chi connectivity index (χ4n) is 5.18. The number of carboxylic acid groups (broad SMARTS) is 1. The van der Waals surface area contributed by atoms with Gasteiger partial charge in [-0.2, -0.15) is 0 Å². The van der Waals surface area contributed by atoms with E-state index in [-0.39, 0.29) is 50.7 Å². The highest BCUT2D eigenvalue weighted by Crippen LogP contribution is 2.10. The molecular formula is C35H64N16O13. The summed E-state index contributed by atoms with van der Waals surface area (Å²) in [5, 5.41) is 46.9. The lowest BCUT2D eigenvalue weighted by atomic mass is 9.97. The van der Waals surface area contributed by atoms with E-state index in [1.165, 1.54) is 6.92 Å². The third kappa shape index (κ3) is 23.4. The molecule has 0 aromatic carbocycles. The highest BCUT2D eigenvalue weighted by Gasteiger charge is 2.33. The number of aliphatic carboxylic acids is 1. The molecule has 0 spiro atoms. The largest absolute Gasteiger partial charge is 0.480 e. The summed E-state index contributed by atoms with van der Waals surface area (Å²) in [6.45, 7) is 1.48. The molecule has 0 rings (SSSR count). The Morgan fingerprint density at radius 1 is 0.562 bits per heavy atom. The minimum Gasteiger partial charge on any atom is -0.480 e. The van der Waals surface area contributed by atoms with Crippen molar-refractivity contribution in [1.82, 2.24) is 42.5 Å². The number of rotatable bonds is 31. The Hall–Kier alpha value is -6.88. The van der Waals surface area contributed by atoms with Crippen LogP contribution in [0.2, 0.25) is 0 Å². The van der Waals surface area contributed by atoms with Gasteiger partial charge in [-0.3, -0.25) is 53.1 Å². The van der Waals surface area contributed by atoms with Crippen LogP contribution in [0.4, 0.5) is 0 Å². The topological polar surface area (TPSA) is 508 Å². The van der Waals surface area contributed by atoms with Crippen LogP contribution in [0.25, 0.3) is 0 Å². The Kier molecular flexibility index (Phi) is 27.0. The monoisotopic (exact) mass is 916 g/mol. The lowest BCUT2D eigenvalue weighted by molar-refractivity contribution is -0.143. The van der Waals surface area contributed by atoms with Crippen molar-refractivity contribution in [2.24, 2.45) is 50.3 Å². The minimum absolute atomic E-state index is 0.0429. The number of hydrogen-bond acceptors (Lipinski definition) is 15. The van der Waals surface area contributed by atoms with Crippen LogP contribution in [0.3, 0.4) is 0 Å². The van der Waals surface area contributed by atoms with Gasteiger partial charge >= 0.3 is 5.97 Å². The maximum atomic E-state index is 13.2. The zero-order valence-electron chi connectivity index (χ0n) is 35.9. The first-order valence-corrected chi connectivity index (χ1v) is 19.9. The summed E-state index contributed by atoms with van der Waals surface area (Å²) in [5.41, 5.74) is 31.9. The Bertz CT molecular complexity index is 1690. The van der Waals surface area contributed by atoms with Crippen molar-refractivity contribution in [1.29, 1.82) is 0 Å². The van der Waals surface area contributed by atoms with E-state index < -0.39 is 140 Å². The molecule has 0 radical (unpaired) electrons. The van der Waals surface area contributed by atoms with Crippen molar-refractivity contribution in [3.63, 3.8) is 0 Å². The van der Waals surface area contributed by atoms with Gasteiger partial charge in [0.05, 0.1) is 32.7 Å². The molecule has 0 aromatic rings. The van der Waals surface area contributed by atoms with E-state index in [0.717, 1.165) is 0 Å². The van der Waals surface area contributed by atoms with Crippen LogP contribution in [0, 0.1) is 5.92 Å². The minimum atomic E-state index is -1.64. The van der Waals surface area contributed by atoms with Crippen LogP contribution < -0.4 is 76.9 Å². The normalized spacial score (nSPS) is 14.4. The number of carbonyl (C=O) groups excluding carboxylic acids is 9. The molecule has 0 unspecified atom stereocenters. The summed E-state index contributed by atoms with van der Waals surface area (Å²) in [6, 6.07) is -10.0. The molecule has 23 N–H and O–H groups in total. The zero-order chi connectivity index (χ0) is 49.1. The molecular weight excluding hydrogens is 852 g/mol. The third-order valence-corrected chi connectivity index (χ3v) is 8.96. The van der Waals surface area contributed by atoms with Gasteiger partial charge in [-0.1, -0.05) is 20.3 Å². The van der Waals surface area contributed by atoms with E-state index >= 15 is 0 Å². The second-order valence-corrected chi connectivity index (χ2v) is 14.3. The third-order valence-electron chi connectivity index (χ3n) is 8.96. The lowest BCUT2D eigenvalue weighted by Gasteiger charge is -2.27. The molecule has 29 heteroatoms. The van der Waals surface area contributed by atoms with Crippen LogP contribution >= 0.6 is 0 Å². The van der Waals surface area contributed by atoms with Gasteiger partial charge < -0.3 is 92.3 Å².